The molecule has 0 unspecified atom stereocenters. The highest BCUT2D eigenvalue weighted by Crippen LogP contribution is 2.27. The maximum Gasteiger partial charge on any atom is 0.291 e. The molecule has 8 nitrogen and oxygen atoms in total. The van der Waals surface area contributed by atoms with Crippen LogP contribution in [0, 0.1) is 6.92 Å². The molecule has 5 rings (SSSR count). The standard InChI is InChI=1S/C26H20N4O4/c1-16-23-20(14-21(29-26(23)34-30-16)18-8-3-2-4-9-18)24(31)27-15-17-7-5-10-19(13-17)28-25(32)22-11-6-12-33-22/h2-14H,15H2,1H3,(H,27,31)(H,28,32). The molecule has 3 aromatic heterocycles. The maximum absolute atomic E-state index is 13.2. The third kappa shape index (κ3) is 4.29. The second-order valence-corrected chi connectivity index (χ2v) is 7.68. The molecule has 0 saturated carbocycles. The first-order valence-electron chi connectivity index (χ1n) is 10.6. The minimum absolute atomic E-state index is 0.221. The van der Waals surface area contributed by atoms with Gasteiger partial charge >= 0.3 is 0 Å². The first-order valence-corrected chi connectivity index (χ1v) is 10.6. The molecule has 3 heterocycles. The summed E-state index contributed by atoms with van der Waals surface area (Å²) in [6.07, 6.45) is 1.44. The van der Waals surface area contributed by atoms with Crippen LogP contribution in [-0.4, -0.2) is 22.0 Å². The van der Waals surface area contributed by atoms with Crippen LogP contribution < -0.4 is 10.6 Å². The Morgan fingerprint density at radius 3 is 2.59 bits per heavy atom. The van der Waals surface area contributed by atoms with Crippen molar-refractivity contribution in [2.45, 2.75) is 13.5 Å². The monoisotopic (exact) mass is 452 g/mol. The van der Waals surface area contributed by atoms with Gasteiger partial charge in [0.2, 0.25) is 0 Å². The minimum Gasteiger partial charge on any atom is -0.459 e. The number of furan rings is 1. The fourth-order valence-electron chi connectivity index (χ4n) is 3.67. The molecule has 168 valence electrons. The fourth-order valence-corrected chi connectivity index (χ4v) is 3.67. The van der Waals surface area contributed by atoms with Crippen LogP contribution in [0.4, 0.5) is 5.69 Å². The van der Waals surface area contributed by atoms with Gasteiger partial charge < -0.3 is 19.6 Å². The molecule has 0 radical (unpaired) electrons. The van der Waals surface area contributed by atoms with Crippen molar-refractivity contribution in [2.24, 2.45) is 0 Å². The molecule has 0 aliphatic carbocycles. The molecule has 0 aliphatic heterocycles. The molecule has 2 amide bonds. The van der Waals surface area contributed by atoms with Gasteiger partial charge in [0.25, 0.3) is 17.5 Å². The van der Waals surface area contributed by atoms with Crippen molar-refractivity contribution in [1.82, 2.24) is 15.5 Å². The minimum atomic E-state index is -0.346. The van der Waals surface area contributed by atoms with Crippen molar-refractivity contribution in [2.75, 3.05) is 5.32 Å². The molecule has 0 fully saturated rings. The first kappa shape index (κ1) is 21.1. The van der Waals surface area contributed by atoms with Gasteiger partial charge in [-0.15, -0.1) is 0 Å². The molecule has 5 aromatic rings. The number of aryl methyl sites for hydroxylation is 1. The number of carbonyl (C=O) groups is 2. The zero-order valence-electron chi connectivity index (χ0n) is 18.2. The Morgan fingerprint density at radius 1 is 0.941 bits per heavy atom. The zero-order chi connectivity index (χ0) is 23.5. The Balaban J connectivity index is 1.36. The van der Waals surface area contributed by atoms with E-state index in [0.29, 0.717) is 33.7 Å². The number of benzene rings is 2. The quantitative estimate of drug-likeness (QED) is 0.376. The van der Waals surface area contributed by atoms with Crippen LogP contribution in [0.3, 0.4) is 0 Å². The molecular weight excluding hydrogens is 432 g/mol. The van der Waals surface area contributed by atoms with E-state index in [1.165, 1.54) is 6.26 Å². The molecule has 0 bridgehead atoms. The Labute approximate surface area is 194 Å². The van der Waals surface area contributed by atoms with Gasteiger partial charge in [0, 0.05) is 17.8 Å². The van der Waals surface area contributed by atoms with Crippen LogP contribution in [-0.2, 0) is 6.54 Å². The molecule has 0 aliphatic rings. The van der Waals surface area contributed by atoms with Gasteiger partial charge in [0.05, 0.1) is 28.6 Å². The summed E-state index contributed by atoms with van der Waals surface area (Å²) in [5.74, 6) is -0.402. The van der Waals surface area contributed by atoms with Gasteiger partial charge in [-0.3, -0.25) is 9.59 Å². The molecule has 0 spiro atoms. The first-order chi connectivity index (χ1) is 16.6. The number of pyridine rings is 1. The molecule has 2 N–H and O–H groups in total. The van der Waals surface area contributed by atoms with Gasteiger partial charge in [0.15, 0.2) is 5.76 Å². The van der Waals surface area contributed by atoms with E-state index in [9.17, 15) is 9.59 Å². The van der Waals surface area contributed by atoms with Crippen molar-refractivity contribution < 1.29 is 18.5 Å². The van der Waals surface area contributed by atoms with Crippen LogP contribution in [0.1, 0.15) is 32.2 Å². The van der Waals surface area contributed by atoms with Crippen LogP contribution in [0.15, 0.2) is 88.0 Å². The number of nitrogens with zero attached hydrogens (tertiary/aromatic N) is 2. The number of rotatable bonds is 6. The zero-order valence-corrected chi connectivity index (χ0v) is 18.2. The highest BCUT2D eigenvalue weighted by atomic mass is 16.5. The Kier molecular flexibility index (Phi) is 5.61. The number of anilines is 1. The van der Waals surface area contributed by atoms with Gasteiger partial charge in [-0.25, -0.2) is 4.98 Å². The van der Waals surface area contributed by atoms with Gasteiger partial charge in [-0.1, -0.05) is 47.6 Å². The van der Waals surface area contributed by atoms with Crippen molar-refractivity contribution in [3.05, 3.63) is 102 Å². The molecular formula is C26H20N4O4. The van der Waals surface area contributed by atoms with Crippen molar-refractivity contribution >= 4 is 28.6 Å². The van der Waals surface area contributed by atoms with E-state index in [1.54, 1.807) is 37.3 Å². The lowest BCUT2D eigenvalue weighted by Crippen LogP contribution is -2.23. The molecule has 2 aromatic carbocycles. The fraction of sp³-hybridized carbons (Fsp3) is 0.0769. The van der Waals surface area contributed by atoms with Crippen LogP contribution in [0.25, 0.3) is 22.4 Å². The number of carbonyl (C=O) groups excluding carboxylic acids is 2. The summed E-state index contributed by atoms with van der Waals surface area (Å²) in [4.78, 5) is 29.9. The average molecular weight is 452 g/mol. The Morgan fingerprint density at radius 2 is 1.79 bits per heavy atom. The van der Waals surface area contributed by atoms with Crippen LogP contribution in [0.2, 0.25) is 0 Å². The average Bonchev–Trinajstić information content (AvgIpc) is 3.53. The highest BCUT2D eigenvalue weighted by Gasteiger charge is 2.19. The third-order valence-electron chi connectivity index (χ3n) is 5.31. The topological polar surface area (TPSA) is 110 Å². The lowest BCUT2D eigenvalue weighted by Gasteiger charge is -2.10. The lowest BCUT2D eigenvalue weighted by molar-refractivity contribution is 0.0951. The van der Waals surface area contributed by atoms with Crippen molar-refractivity contribution in [3.63, 3.8) is 0 Å². The van der Waals surface area contributed by atoms with E-state index in [0.717, 1.165) is 11.1 Å². The lowest BCUT2D eigenvalue weighted by atomic mass is 10.0. The van der Waals surface area contributed by atoms with E-state index in [4.69, 9.17) is 8.94 Å². The second-order valence-electron chi connectivity index (χ2n) is 7.68. The summed E-state index contributed by atoms with van der Waals surface area (Å²) in [6.45, 7) is 2.04. The van der Waals surface area contributed by atoms with E-state index in [-0.39, 0.29) is 24.1 Å². The summed E-state index contributed by atoms with van der Waals surface area (Å²) in [5, 5.41) is 10.3. The summed E-state index contributed by atoms with van der Waals surface area (Å²) in [5.41, 5.74) is 4.25. The summed E-state index contributed by atoms with van der Waals surface area (Å²) < 4.78 is 10.5. The van der Waals surface area contributed by atoms with Crippen molar-refractivity contribution in [3.8, 4) is 11.3 Å². The Hall–Kier alpha value is -4.72. The normalized spacial score (nSPS) is 10.9. The number of hydrogen-bond donors (Lipinski definition) is 2. The van der Waals surface area contributed by atoms with Crippen LogP contribution >= 0.6 is 0 Å². The maximum atomic E-state index is 13.2. The molecule has 8 heteroatoms. The van der Waals surface area contributed by atoms with Gasteiger partial charge in [0.1, 0.15) is 0 Å². The van der Waals surface area contributed by atoms with E-state index >= 15 is 0 Å². The van der Waals surface area contributed by atoms with Gasteiger partial charge in [-0.05, 0) is 42.8 Å². The number of amides is 2. The van der Waals surface area contributed by atoms with Crippen molar-refractivity contribution in [1.29, 1.82) is 0 Å². The number of fused-ring (bicyclic) bond motifs is 1. The molecule has 0 atom stereocenters. The molecule has 34 heavy (non-hydrogen) atoms. The Bertz CT molecular complexity index is 1470. The summed E-state index contributed by atoms with van der Waals surface area (Å²) >= 11 is 0. The van der Waals surface area contributed by atoms with Gasteiger partial charge in [-0.2, -0.15) is 0 Å². The summed E-state index contributed by atoms with van der Waals surface area (Å²) in [6, 6.07) is 21.8. The summed E-state index contributed by atoms with van der Waals surface area (Å²) in [7, 11) is 0. The predicted octanol–water partition coefficient (Wildman–Crippen LogP) is 4.97. The highest BCUT2D eigenvalue weighted by molar-refractivity contribution is 6.07. The number of aromatic nitrogens is 2. The van der Waals surface area contributed by atoms with Crippen LogP contribution in [0.5, 0.6) is 0 Å². The smallest absolute Gasteiger partial charge is 0.291 e. The van der Waals surface area contributed by atoms with E-state index < -0.39 is 0 Å². The number of hydrogen-bond acceptors (Lipinski definition) is 6. The molecule has 0 saturated heterocycles. The SMILES string of the molecule is Cc1noc2nc(-c3ccccc3)cc(C(=O)NCc3cccc(NC(=O)c4ccco4)c3)c12. The second kappa shape index (κ2) is 9.03. The number of nitrogens with one attached hydrogen (secondary N) is 2. The largest absolute Gasteiger partial charge is 0.459 e. The van der Waals surface area contributed by atoms with E-state index in [2.05, 4.69) is 20.8 Å². The predicted molar refractivity (Wildman–Crippen MR) is 126 cm³/mol. The third-order valence-corrected chi connectivity index (χ3v) is 5.31. The van der Waals surface area contributed by atoms with E-state index in [1.807, 2.05) is 42.5 Å².